The summed E-state index contributed by atoms with van der Waals surface area (Å²) in [7, 11) is 3.28. The first kappa shape index (κ1) is 11.4. The second kappa shape index (κ2) is 3.64. The van der Waals surface area contributed by atoms with Crippen molar-refractivity contribution in [1.82, 2.24) is 9.97 Å². The molecule has 3 rings (SSSR count). The van der Waals surface area contributed by atoms with Crippen molar-refractivity contribution < 1.29 is 9.47 Å². The van der Waals surface area contributed by atoms with Gasteiger partial charge in [-0.1, -0.05) is 13.8 Å². The van der Waals surface area contributed by atoms with Crippen LogP contribution in [-0.4, -0.2) is 24.2 Å². The highest BCUT2D eigenvalue weighted by atomic mass is 16.5. The van der Waals surface area contributed by atoms with Gasteiger partial charge in [0.25, 0.3) is 0 Å². The normalized spacial score (nSPS) is 21.0. The maximum atomic E-state index is 5.30. The van der Waals surface area contributed by atoms with E-state index in [1.165, 1.54) is 6.42 Å². The highest BCUT2D eigenvalue weighted by Crippen LogP contribution is 2.57. The maximum absolute atomic E-state index is 5.30. The van der Waals surface area contributed by atoms with Crippen molar-refractivity contribution in [3.05, 3.63) is 18.0 Å². The zero-order chi connectivity index (χ0) is 12.9. The van der Waals surface area contributed by atoms with E-state index in [1.807, 2.05) is 12.1 Å². The summed E-state index contributed by atoms with van der Waals surface area (Å²) in [5.41, 5.74) is 2.32. The molecule has 1 aliphatic rings. The summed E-state index contributed by atoms with van der Waals surface area (Å²) in [5.74, 6) is 3.07. The van der Waals surface area contributed by atoms with Crippen LogP contribution in [0.5, 0.6) is 11.5 Å². The van der Waals surface area contributed by atoms with Crippen LogP contribution in [0, 0.1) is 5.41 Å². The van der Waals surface area contributed by atoms with Crippen molar-refractivity contribution in [2.24, 2.45) is 5.41 Å². The number of benzene rings is 1. The third-order valence-electron chi connectivity index (χ3n) is 3.85. The molecule has 4 heteroatoms. The molecule has 1 aromatic heterocycles. The van der Waals surface area contributed by atoms with Gasteiger partial charge in [-0.3, -0.25) is 0 Å². The molecule has 1 aromatic carbocycles. The van der Waals surface area contributed by atoms with Crippen molar-refractivity contribution in [2.75, 3.05) is 14.2 Å². The van der Waals surface area contributed by atoms with Crippen molar-refractivity contribution in [1.29, 1.82) is 0 Å². The van der Waals surface area contributed by atoms with Gasteiger partial charge in [0.1, 0.15) is 5.82 Å². The van der Waals surface area contributed by atoms with Gasteiger partial charge in [-0.25, -0.2) is 4.98 Å². The van der Waals surface area contributed by atoms with Crippen molar-refractivity contribution in [3.8, 4) is 11.5 Å². The van der Waals surface area contributed by atoms with Gasteiger partial charge in [0, 0.05) is 18.1 Å². The van der Waals surface area contributed by atoms with Crippen LogP contribution in [0.15, 0.2) is 12.1 Å². The van der Waals surface area contributed by atoms with E-state index in [1.54, 1.807) is 14.2 Å². The second-order valence-electron chi connectivity index (χ2n) is 5.59. The molecule has 0 bridgehead atoms. The zero-order valence-corrected chi connectivity index (χ0v) is 11.2. The number of hydrogen-bond donors (Lipinski definition) is 1. The molecular weight excluding hydrogens is 228 g/mol. The summed E-state index contributed by atoms with van der Waals surface area (Å²) in [6, 6.07) is 3.86. The molecule has 1 heterocycles. The fourth-order valence-electron chi connectivity index (χ4n) is 2.46. The fraction of sp³-hybridized carbons (Fsp3) is 0.500. The first-order chi connectivity index (χ1) is 8.55. The van der Waals surface area contributed by atoms with Crippen molar-refractivity contribution in [3.63, 3.8) is 0 Å². The Morgan fingerprint density at radius 3 is 2.39 bits per heavy atom. The number of imidazole rings is 1. The van der Waals surface area contributed by atoms with Gasteiger partial charge in [-0.15, -0.1) is 0 Å². The number of H-pyrrole nitrogens is 1. The van der Waals surface area contributed by atoms with Crippen molar-refractivity contribution in [2.45, 2.75) is 26.2 Å². The Balaban J connectivity index is 2.07. The summed E-state index contributed by atoms with van der Waals surface area (Å²) in [6.07, 6.45) is 1.20. The molecule has 1 fully saturated rings. The van der Waals surface area contributed by atoms with Crippen LogP contribution in [0.1, 0.15) is 32.0 Å². The van der Waals surface area contributed by atoms with Crippen LogP contribution in [0.3, 0.4) is 0 Å². The number of rotatable bonds is 3. The summed E-state index contributed by atoms with van der Waals surface area (Å²) in [4.78, 5) is 8.06. The number of fused-ring (bicyclic) bond motifs is 1. The third-order valence-corrected chi connectivity index (χ3v) is 3.85. The first-order valence-electron chi connectivity index (χ1n) is 6.17. The molecule has 0 radical (unpaired) electrons. The van der Waals surface area contributed by atoms with Gasteiger partial charge in [0.2, 0.25) is 0 Å². The van der Waals surface area contributed by atoms with E-state index in [2.05, 4.69) is 23.8 Å². The van der Waals surface area contributed by atoms with Crippen LogP contribution in [0.25, 0.3) is 11.0 Å². The smallest absolute Gasteiger partial charge is 0.163 e. The van der Waals surface area contributed by atoms with Gasteiger partial charge in [0.05, 0.1) is 25.3 Å². The molecule has 0 amide bonds. The quantitative estimate of drug-likeness (QED) is 0.905. The lowest BCUT2D eigenvalue weighted by molar-refractivity contribution is 0.356. The Morgan fingerprint density at radius 2 is 1.83 bits per heavy atom. The average Bonchev–Trinajstić information content (AvgIpc) is 2.82. The van der Waals surface area contributed by atoms with Gasteiger partial charge in [-0.2, -0.15) is 0 Å². The summed E-state index contributed by atoms with van der Waals surface area (Å²) >= 11 is 0. The highest BCUT2D eigenvalue weighted by Gasteiger charge is 2.48. The number of nitrogens with one attached hydrogen (secondary N) is 1. The summed E-state index contributed by atoms with van der Waals surface area (Å²) in [5, 5.41) is 0. The number of methoxy groups -OCH3 is 2. The molecule has 1 aliphatic carbocycles. The van der Waals surface area contributed by atoms with E-state index in [9.17, 15) is 0 Å². The predicted octanol–water partition coefficient (Wildman–Crippen LogP) is 3.09. The predicted molar refractivity (Wildman–Crippen MR) is 70.3 cm³/mol. The van der Waals surface area contributed by atoms with Gasteiger partial charge >= 0.3 is 0 Å². The number of aromatic amines is 1. The Bertz CT molecular complexity index is 560. The maximum Gasteiger partial charge on any atom is 0.163 e. The minimum atomic E-state index is 0.377. The molecule has 0 spiro atoms. The highest BCUT2D eigenvalue weighted by molar-refractivity contribution is 5.80. The lowest BCUT2D eigenvalue weighted by atomic mass is 10.1. The van der Waals surface area contributed by atoms with Crippen molar-refractivity contribution >= 4 is 11.0 Å². The zero-order valence-electron chi connectivity index (χ0n) is 11.2. The lowest BCUT2D eigenvalue weighted by Crippen LogP contribution is -1.91. The van der Waals surface area contributed by atoms with E-state index in [0.29, 0.717) is 11.3 Å². The topological polar surface area (TPSA) is 47.1 Å². The van der Waals surface area contributed by atoms with Crippen LogP contribution in [0.2, 0.25) is 0 Å². The molecular formula is C14H18N2O2. The number of hydrogen-bond acceptors (Lipinski definition) is 3. The Labute approximate surface area is 106 Å². The van der Waals surface area contributed by atoms with E-state index in [4.69, 9.17) is 9.47 Å². The van der Waals surface area contributed by atoms with Crippen LogP contribution in [0.4, 0.5) is 0 Å². The number of ether oxygens (including phenoxy) is 2. The largest absolute Gasteiger partial charge is 0.493 e. The van der Waals surface area contributed by atoms with Gasteiger partial charge in [0.15, 0.2) is 11.5 Å². The monoisotopic (exact) mass is 246 g/mol. The van der Waals surface area contributed by atoms with Crippen LogP contribution >= 0.6 is 0 Å². The van der Waals surface area contributed by atoms with E-state index in [0.717, 1.165) is 28.4 Å². The second-order valence-corrected chi connectivity index (χ2v) is 5.59. The number of nitrogens with zero attached hydrogens (tertiary/aromatic N) is 1. The molecule has 4 nitrogen and oxygen atoms in total. The molecule has 1 atom stereocenters. The van der Waals surface area contributed by atoms with Gasteiger partial charge < -0.3 is 14.5 Å². The van der Waals surface area contributed by atoms with E-state index < -0.39 is 0 Å². The van der Waals surface area contributed by atoms with Crippen LogP contribution < -0.4 is 9.47 Å². The lowest BCUT2D eigenvalue weighted by Gasteiger charge is -2.06. The molecule has 0 saturated heterocycles. The summed E-state index contributed by atoms with van der Waals surface area (Å²) < 4.78 is 10.6. The third kappa shape index (κ3) is 1.64. The van der Waals surface area contributed by atoms with E-state index >= 15 is 0 Å². The Kier molecular flexibility index (Phi) is 2.30. The molecule has 96 valence electrons. The molecule has 18 heavy (non-hydrogen) atoms. The average molecular weight is 246 g/mol. The molecule has 0 aliphatic heterocycles. The first-order valence-corrected chi connectivity index (χ1v) is 6.17. The Morgan fingerprint density at radius 1 is 1.22 bits per heavy atom. The Hall–Kier alpha value is -1.71. The fourth-order valence-corrected chi connectivity index (χ4v) is 2.46. The van der Waals surface area contributed by atoms with Gasteiger partial charge in [-0.05, 0) is 11.8 Å². The molecule has 1 unspecified atom stereocenters. The van der Waals surface area contributed by atoms with Crippen LogP contribution in [-0.2, 0) is 0 Å². The minimum Gasteiger partial charge on any atom is -0.493 e. The molecule has 1 saturated carbocycles. The molecule has 2 aromatic rings. The number of aromatic nitrogens is 2. The SMILES string of the molecule is COc1cc2nc(C3CC3(C)C)[nH]c2cc1OC. The summed E-state index contributed by atoms with van der Waals surface area (Å²) in [6.45, 7) is 4.54. The standard InChI is InChI=1S/C14H18N2O2/c1-14(2)7-8(14)13-15-9-5-11(17-3)12(18-4)6-10(9)16-13/h5-6,8H,7H2,1-4H3,(H,15,16). The minimum absolute atomic E-state index is 0.377. The van der Waals surface area contributed by atoms with E-state index in [-0.39, 0.29) is 0 Å². The molecule has 1 N–H and O–H groups in total.